The van der Waals surface area contributed by atoms with Gasteiger partial charge in [0.15, 0.2) is 0 Å². The van der Waals surface area contributed by atoms with Gasteiger partial charge >= 0.3 is 12.1 Å². The van der Waals surface area contributed by atoms with Gasteiger partial charge in [-0.05, 0) is 56.5 Å². The Bertz CT molecular complexity index is 690. The van der Waals surface area contributed by atoms with Gasteiger partial charge in [-0.2, -0.15) is 0 Å². The Hall–Kier alpha value is -2.28. The van der Waals surface area contributed by atoms with Crippen molar-refractivity contribution in [2.45, 2.75) is 38.3 Å². The molecule has 1 aromatic rings. The van der Waals surface area contributed by atoms with Gasteiger partial charge in [0, 0.05) is 31.4 Å². The highest BCUT2D eigenvalue weighted by Gasteiger charge is 2.29. The van der Waals surface area contributed by atoms with Gasteiger partial charge in [0.2, 0.25) is 0 Å². The van der Waals surface area contributed by atoms with Gasteiger partial charge in [-0.25, -0.2) is 9.59 Å². The number of cyclic esters (lactones) is 1. The summed E-state index contributed by atoms with van der Waals surface area (Å²) in [5, 5.41) is 3.03. The molecular formula is C20H28N4O3. The van der Waals surface area contributed by atoms with E-state index in [1.807, 2.05) is 29.2 Å². The summed E-state index contributed by atoms with van der Waals surface area (Å²) in [6.45, 7) is 5.52. The van der Waals surface area contributed by atoms with E-state index in [4.69, 9.17) is 4.74 Å². The molecule has 1 atom stereocenters. The van der Waals surface area contributed by atoms with Crippen molar-refractivity contribution in [3.63, 3.8) is 0 Å². The summed E-state index contributed by atoms with van der Waals surface area (Å²) < 4.78 is 4.97. The molecule has 27 heavy (non-hydrogen) atoms. The Kier molecular flexibility index (Phi) is 5.48. The highest BCUT2D eigenvalue weighted by atomic mass is 16.6. The predicted octanol–water partition coefficient (Wildman–Crippen LogP) is 2.73. The van der Waals surface area contributed by atoms with Crippen molar-refractivity contribution < 1.29 is 14.3 Å². The lowest BCUT2D eigenvalue weighted by atomic mass is 10.0. The smallest absolute Gasteiger partial charge is 0.410 e. The number of amides is 3. The van der Waals surface area contributed by atoms with Crippen LogP contribution in [0.1, 0.15) is 31.2 Å². The first kappa shape index (κ1) is 18.1. The third kappa shape index (κ3) is 4.35. The maximum atomic E-state index is 12.7. The zero-order valence-corrected chi connectivity index (χ0v) is 15.7. The van der Waals surface area contributed by atoms with Gasteiger partial charge in [-0.15, -0.1) is 0 Å². The van der Waals surface area contributed by atoms with Gasteiger partial charge in [0.25, 0.3) is 0 Å². The molecular weight excluding hydrogens is 344 g/mol. The van der Waals surface area contributed by atoms with E-state index in [9.17, 15) is 9.59 Å². The number of carbonyl (C=O) groups is 2. The second-order valence-electron chi connectivity index (χ2n) is 7.65. The number of nitrogens with one attached hydrogen (secondary N) is 1. The van der Waals surface area contributed by atoms with E-state index in [1.54, 1.807) is 4.90 Å². The lowest BCUT2D eigenvalue weighted by Gasteiger charge is -2.37. The Labute approximate surface area is 160 Å². The molecule has 3 amide bonds. The number of nitrogens with zero attached hydrogens (tertiary/aromatic N) is 3. The minimum Gasteiger partial charge on any atom is -0.448 e. The number of hydrogen-bond acceptors (Lipinski definition) is 4. The van der Waals surface area contributed by atoms with Crippen LogP contribution < -0.4 is 5.32 Å². The second kappa shape index (κ2) is 8.17. The normalized spacial score (nSPS) is 23.6. The first-order valence-corrected chi connectivity index (χ1v) is 10.00. The van der Waals surface area contributed by atoms with E-state index < -0.39 is 0 Å². The summed E-state index contributed by atoms with van der Waals surface area (Å²) in [7, 11) is 0. The molecule has 3 aliphatic heterocycles. The average Bonchev–Trinajstić information content (AvgIpc) is 3.35. The lowest BCUT2D eigenvalue weighted by molar-refractivity contribution is 0.132. The minimum atomic E-state index is -0.272. The van der Waals surface area contributed by atoms with Crippen LogP contribution in [0.5, 0.6) is 0 Å². The van der Waals surface area contributed by atoms with Crippen LogP contribution in [0.2, 0.25) is 0 Å². The predicted molar refractivity (Wildman–Crippen MR) is 103 cm³/mol. The number of piperidine rings is 1. The van der Waals surface area contributed by atoms with Crippen molar-refractivity contribution in [1.29, 1.82) is 0 Å². The third-order valence-corrected chi connectivity index (χ3v) is 5.74. The Morgan fingerprint density at radius 2 is 2.00 bits per heavy atom. The fraction of sp³-hybridized carbons (Fsp3) is 0.600. The SMILES string of the molecule is O=C(Nc1cccc(CN2CCOC2=O)c1)N1CCC[C@@H](N2CCCC2)C1. The molecule has 0 spiro atoms. The van der Waals surface area contributed by atoms with Crippen molar-refractivity contribution >= 4 is 17.8 Å². The molecule has 0 unspecified atom stereocenters. The molecule has 4 rings (SSSR count). The van der Waals surface area contributed by atoms with Crippen molar-refractivity contribution in [2.24, 2.45) is 0 Å². The van der Waals surface area contributed by atoms with Crippen LogP contribution in [0.3, 0.4) is 0 Å². The van der Waals surface area contributed by atoms with Crippen LogP contribution in [0.4, 0.5) is 15.3 Å². The minimum absolute atomic E-state index is 0.0309. The van der Waals surface area contributed by atoms with Crippen LogP contribution in [0.15, 0.2) is 24.3 Å². The number of benzene rings is 1. The standard InChI is InChI=1S/C20H28N4O3/c25-19(23-10-4-7-18(15-23)22-8-1-2-9-22)21-17-6-3-5-16(13-17)14-24-11-12-27-20(24)26/h3,5-6,13,18H,1-2,4,7-12,14-15H2,(H,21,25)/t18-/m1/s1. The molecule has 7 nitrogen and oxygen atoms in total. The van der Waals surface area contributed by atoms with Crippen LogP contribution in [0, 0.1) is 0 Å². The molecule has 0 bridgehead atoms. The first-order valence-electron chi connectivity index (χ1n) is 10.00. The van der Waals surface area contributed by atoms with Gasteiger partial charge in [-0.3, -0.25) is 4.90 Å². The van der Waals surface area contributed by atoms with E-state index in [0.29, 0.717) is 25.7 Å². The summed E-state index contributed by atoms with van der Waals surface area (Å²) in [5.74, 6) is 0. The van der Waals surface area contributed by atoms with Gasteiger partial charge in [-0.1, -0.05) is 12.1 Å². The summed E-state index contributed by atoms with van der Waals surface area (Å²) in [6, 6.07) is 8.18. The van der Waals surface area contributed by atoms with Crippen molar-refractivity contribution in [2.75, 3.05) is 44.6 Å². The van der Waals surface area contributed by atoms with Gasteiger partial charge in [0.1, 0.15) is 6.61 Å². The number of urea groups is 1. The molecule has 7 heteroatoms. The molecule has 0 saturated carbocycles. The largest absolute Gasteiger partial charge is 0.448 e. The quantitative estimate of drug-likeness (QED) is 0.883. The topological polar surface area (TPSA) is 65.1 Å². The average molecular weight is 372 g/mol. The molecule has 1 aromatic carbocycles. The maximum Gasteiger partial charge on any atom is 0.410 e. The molecule has 3 fully saturated rings. The van der Waals surface area contributed by atoms with E-state index in [2.05, 4.69) is 10.2 Å². The van der Waals surface area contributed by atoms with E-state index in [-0.39, 0.29) is 12.1 Å². The van der Waals surface area contributed by atoms with Crippen LogP contribution >= 0.6 is 0 Å². The number of carbonyl (C=O) groups excluding carboxylic acids is 2. The van der Waals surface area contributed by atoms with E-state index in [0.717, 1.165) is 30.8 Å². The molecule has 3 aliphatic rings. The van der Waals surface area contributed by atoms with Crippen molar-refractivity contribution in [1.82, 2.24) is 14.7 Å². The molecule has 1 N–H and O–H groups in total. The Morgan fingerprint density at radius 1 is 1.15 bits per heavy atom. The molecule has 146 valence electrons. The summed E-state index contributed by atoms with van der Waals surface area (Å²) >= 11 is 0. The van der Waals surface area contributed by atoms with Crippen molar-refractivity contribution in [3.05, 3.63) is 29.8 Å². The maximum absolute atomic E-state index is 12.7. The number of anilines is 1. The van der Waals surface area contributed by atoms with Crippen LogP contribution in [0.25, 0.3) is 0 Å². The fourth-order valence-corrected chi connectivity index (χ4v) is 4.28. The molecule has 3 saturated heterocycles. The summed E-state index contributed by atoms with van der Waals surface area (Å²) in [4.78, 5) is 30.5. The lowest BCUT2D eigenvalue weighted by Crippen LogP contribution is -2.50. The first-order chi connectivity index (χ1) is 13.2. The highest BCUT2D eigenvalue weighted by Crippen LogP contribution is 2.21. The third-order valence-electron chi connectivity index (χ3n) is 5.74. The zero-order chi connectivity index (χ0) is 18.6. The Morgan fingerprint density at radius 3 is 2.78 bits per heavy atom. The van der Waals surface area contributed by atoms with Gasteiger partial charge in [0.05, 0.1) is 6.54 Å². The summed E-state index contributed by atoms with van der Waals surface area (Å²) in [6.07, 6.45) is 4.53. The van der Waals surface area contributed by atoms with Crippen LogP contribution in [-0.2, 0) is 11.3 Å². The molecule has 0 aliphatic carbocycles. The second-order valence-corrected chi connectivity index (χ2v) is 7.65. The van der Waals surface area contributed by atoms with E-state index >= 15 is 0 Å². The number of ether oxygens (including phenoxy) is 1. The highest BCUT2D eigenvalue weighted by molar-refractivity contribution is 5.89. The Balaban J connectivity index is 1.34. The fourth-order valence-electron chi connectivity index (χ4n) is 4.28. The van der Waals surface area contributed by atoms with Crippen molar-refractivity contribution in [3.8, 4) is 0 Å². The van der Waals surface area contributed by atoms with Gasteiger partial charge < -0.3 is 19.9 Å². The zero-order valence-electron chi connectivity index (χ0n) is 15.7. The van der Waals surface area contributed by atoms with E-state index in [1.165, 1.54) is 32.4 Å². The molecule has 3 heterocycles. The number of rotatable bonds is 4. The molecule has 0 radical (unpaired) electrons. The number of hydrogen-bond donors (Lipinski definition) is 1. The molecule has 0 aromatic heterocycles. The number of likely N-dealkylation sites (tertiary alicyclic amines) is 2. The monoisotopic (exact) mass is 372 g/mol. The summed E-state index contributed by atoms with van der Waals surface area (Å²) in [5.41, 5.74) is 1.76. The van der Waals surface area contributed by atoms with Crippen LogP contribution in [-0.4, -0.2) is 72.2 Å².